The molecule has 1 heterocycles. The van der Waals surface area contributed by atoms with Crippen molar-refractivity contribution in [3.8, 4) is 11.4 Å². The van der Waals surface area contributed by atoms with Crippen LogP contribution < -0.4 is 11.1 Å². The minimum absolute atomic E-state index is 0.343. The molecule has 0 spiro atoms. The fraction of sp³-hybridized carbons (Fsp3) is 0.118. The van der Waals surface area contributed by atoms with Crippen LogP contribution in [-0.2, 0) is 6.42 Å². The number of benzene rings is 2. The Labute approximate surface area is 144 Å². The second-order valence-corrected chi connectivity index (χ2v) is 5.47. The number of hydrogen-bond acceptors (Lipinski definition) is 4. The maximum Gasteiger partial charge on any atom is 0.228 e. The van der Waals surface area contributed by atoms with Crippen molar-refractivity contribution in [2.24, 2.45) is 10.7 Å². The predicted molar refractivity (Wildman–Crippen MR) is 95.0 cm³/mol. The molecule has 0 aliphatic heterocycles. The Hall–Kier alpha value is -2.86. The number of nitrogens with two attached hydrogens (primary N) is 1. The summed E-state index contributed by atoms with van der Waals surface area (Å²) in [4.78, 5) is 8.58. The van der Waals surface area contributed by atoms with Crippen LogP contribution in [0.15, 0.2) is 64.1 Å². The van der Waals surface area contributed by atoms with Gasteiger partial charge in [-0.1, -0.05) is 47.1 Å². The van der Waals surface area contributed by atoms with Gasteiger partial charge in [-0.3, -0.25) is 4.99 Å². The lowest BCUT2D eigenvalue weighted by Crippen LogP contribution is -2.23. The van der Waals surface area contributed by atoms with Crippen LogP contribution in [0, 0.1) is 0 Å². The highest BCUT2D eigenvalue weighted by Crippen LogP contribution is 2.19. The molecule has 0 radical (unpaired) electrons. The molecule has 6 nitrogen and oxygen atoms in total. The first-order valence-electron chi connectivity index (χ1n) is 7.41. The van der Waals surface area contributed by atoms with Gasteiger partial charge in [-0.25, -0.2) is 0 Å². The van der Waals surface area contributed by atoms with Crippen LogP contribution in [0.3, 0.4) is 0 Å². The summed E-state index contributed by atoms with van der Waals surface area (Å²) < 4.78 is 5.22. The summed E-state index contributed by atoms with van der Waals surface area (Å²) in [5.74, 6) is 1.35. The SMILES string of the molecule is NC(=NCCc1nc(-c2cccc(Cl)c2)no1)Nc1ccccc1. The van der Waals surface area contributed by atoms with Crippen LogP contribution >= 0.6 is 11.6 Å². The van der Waals surface area contributed by atoms with Gasteiger partial charge in [0, 0.05) is 22.7 Å². The van der Waals surface area contributed by atoms with E-state index in [4.69, 9.17) is 21.9 Å². The van der Waals surface area contributed by atoms with Gasteiger partial charge in [0.1, 0.15) is 0 Å². The van der Waals surface area contributed by atoms with E-state index >= 15 is 0 Å². The number of para-hydroxylation sites is 1. The number of guanidine groups is 1. The van der Waals surface area contributed by atoms with Crippen molar-refractivity contribution in [1.82, 2.24) is 10.1 Å². The molecule has 1 aromatic heterocycles. The molecule has 3 N–H and O–H groups in total. The molecule has 24 heavy (non-hydrogen) atoms. The summed E-state index contributed by atoms with van der Waals surface area (Å²) in [5.41, 5.74) is 7.54. The molecule has 122 valence electrons. The van der Waals surface area contributed by atoms with Crippen molar-refractivity contribution in [3.05, 3.63) is 65.5 Å². The van der Waals surface area contributed by atoms with Crippen LogP contribution in [0.1, 0.15) is 5.89 Å². The molecular formula is C17H16ClN5O. The third kappa shape index (κ3) is 4.33. The zero-order valence-corrected chi connectivity index (χ0v) is 13.6. The van der Waals surface area contributed by atoms with Crippen LogP contribution in [0.25, 0.3) is 11.4 Å². The summed E-state index contributed by atoms with van der Waals surface area (Å²) in [6.45, 7) is 0.447. The van der Waals surface area contributed by atoms with E-state index in [0.29, 0.717) is 35.7 Å². The van der Waals surface area contributed by atoms with Crippen molar-refractivity contribution < 1.29 is 4.52 Å². The molecule has 0 atom stereocenters. The number of nitrogens with one attached hydrogen (secondary N) is 1. The molecule has 0 aliphatic carbocycles. The predicted octanol–water partition coefficient (Wildman–Crippen LogP) is 3.36. The molecule has 3 rings (SSSR count). The monoisotopic (exact) mass is 341 g/mol. The second kappa shape index (κ2) is 7.61. The lowest BCUT2D eigenvalue weighted by atomic mass is 10.2. The third-order valence-corrected chi connectivity index (χ3v) is 3.44. The van der Waals surface area contributed by atoms with E-state index in [1.165, 1.54) is 0 Å². The summed E-state index contributed by atoms with van der Waals surface area (Å²) in [6.07, 6.45) is 0.505. The van der Waals surface area contributed by atoms with Crippen LogP contribution in [-0.4, -0.2) is 22.6 Å². The van der Waals surface area contributed by atoms with E-state index in [-0.39, 0.29) is 0 Å². The number of halogens is 1. The number of hydrogen-bond donors (Lipinski definition) is 2. The maximum atomic E-state index is 5.96. The van der Waals surface area contributed by atoms with Crippen LogP contribution in [0.4, 0.5) is 5.69 Å². The van der Waals surface area contributed by atoms with Crippen molar-refractivity contribution in [2.45, 2.75) is 6.42 Å². The van der Waals surface area contributed by atoms with E-state index in [9.17, 15) is 0 Å². The Bertz CT molecular complexity index is 832. The average Bonchev–Trinajstić information content (AvgIpc) is 3.05. The Morgan fingerprint density at radius 1 is 1.17 bits per heavy atom. The number of aliphatic imine (C=N–C) groups is 1. The van der Waals surface area contributed by atoms with E-state index < -0.39 is 0 Å². The van der Waals surface area contributed by atoms with Crippen molar-refractivity contribution >= 4 is 23.2 Å². The Balaban J connectivity index is 1.56. The first-order valence-corrected chi connectivity index (χ1v) is 7.79. The topological polar surface area (TPSA) is 89.3 Å². The van der Waals surface area contributed by atoms with Gasteiger partial charge in [0.15, 0.2) is 5.96 Å². The zero-order chi connectivity index (χ0) is 16.8. The largest absolute Gasteiger partial charge is 0.370 e. The van der Waals surface area contributed by atoms with Crippen molar-refractivity contribution in [1.29, 1.82) is 0 Å². The molecule has 0 fully saturated rings. The molecule has 0 amide bonds. The molecule has 3 aromatic rings. The minimum atomic E-state index is 0.343. The standard InChI is InChI=1S/C17H16ClN5O/c18-13-6-4-5-12(11-13)16-22-15(24-23-16)9-10-20-17(19)21-14-7-2-1-3-8-14/h1-8,11H,9-10H2,(H3,19,20,21). The van der Waals surface area contributed by atoms with Crippen molar-refractivity contribution in [2.75, 3.05) is 11.9 Å². The quantitative estimate of drug-likeness (QED) is 0.548. The van der Waals surface area contributed by atoms with E-state index in [1.54, 1.807) is 12.1 Å². The average molecular weight is 342 g/mol. The normalized spacial score (nSPS) is 11.5. The smallest absolute Gasteiger partial charge is 0.228 e. The maximum absolute atomic E-state index is 5.96. The number of nitrogens with zero attached hydrogens (tertiary/aromatic N) is 3. The second-order valence-electron chi connectivity index (χ2n) is 5.03. The van der Waals surface area contributed by atoms with Gasteiger partial charge < -0.3 is 15.6 Å². The van der Waals surface area contributed by atoms with Gasteiger partial charge >= 0.3 is 0 Å². The first kappa shape index (κ1) is 16.0. The molecule has 7 heteroatoms. The third-order valence-electron chi connectivity index (χ3n) is 3.20. The van der Waals surface area contributed by atoms with Gasteiger partial charge in [-0.05, 0) is 24.3 Å². The summed E-state index contributed by atoms with van der Waals surface area (Å²) in [7, 11) is 0. The Morgan fingerprint density at radius 3 is 2.79 bits per heavy atom. The van der Waals surface area contributed by atoms with Gasteiger partial charge in [0.05, 0.1) is 6.54 Å². The zero-order valence-electron chi connectivity index (χ0n) is 12.8. The fourth-order valence-corrected chi connectivity index (χ4v) is 2.27. The molecule has 0 unspecified atom stereocenters. The van der Waals surface area contributed by atoms with E-state index in [2.05, 4.69) is 20.4 Å². The molecule has 2 aromatic carbocycles. The highest BCUT2D eigenvalue weighted by molar-refractivity contribution is 6.30. The Kier molecular flexibility index (Phi) is 5.08. The lowest BCUT2D eigenvalue weighted by Gasteiger charge is -2.04. The summed E-state index contributed by atoms with van der Waals surface area (Å²) in [6, 6.07) is 16.9. The number of aromatic nitrogens is 2. The molecular weight excluding hydrogens is 326 g/mol. The van der Waals surface area contributed by atoms with E-state index in [0.717, 1.165) is 11.3 Å². The fourth-order valence-electron chi connectivity index (χ4n) is 2.08. The van der Waals surface area contributed by atoms with Gasteiger partial charge in [0.25, 0.3) is 0 Å². The molecule has 0 saturated heterocycles. The summed E-state index contributed by atoms with van der Waals surface area (Å²) in [5, 5.41) is 7.59. The van der Waals surface area contributed by atoms with Gasteiger partial charge in [0.2, 0.25) is 11.7 Å². The lowest BCUT2D eigenvalue weighted by molar-refractivity contribution is 0.380. The van der Waals surface area contributed by atoms with Crippen LogP contribution in [0.2, 0.25) is 5.02 Å². The van der Waals surface area contributed by atoms with Crippen LogP contribution in [0.5, 0.6) is 0 Å². The van der Waals surface area contributed by atoms with Crippen molar-refractivity contribution in [3.63, 3.8) is 0 Å². The highest BCUT2D eigenvalue weighted by Gasteiger charge is 2.08. The number of rotatable bonds is 5. The highest BCUT2D eigenvalue weighted by atomic mass is 35.5. The van der Waals surface area contributed by atoms with Gasteiger partial charge in [-0.2, -0.15) is 4.98 Å². The van der Waals surface area contributed by atoms with E-state index in [1.807, 2.05) is 42.5 Å². The number of anilines is 1. The first-order chi connectivity index (χ1) is 11.7. The minimum Gasteiger partial charge on any atom is -0.370 e. The Morgan fingerprint density at radius 2 is 2.00 bits per heavy atom. The molecule has 0 bridgehead atoms. The summed E-state index contributed by atoms with van der Waals surface area (Å²) >= 11 is 5.96. The molecule has 0 saturated carbocycles. The van der Waals surface area contributed by atoms with Gasteiger partial charge in [-0.15, -0.1) is 0 Å². The molecule has 0 aliphatic rings.